The van der Waals surface area contributed by atoms with Crippen LogP contribution in [0.25, 0.3) is 0 Å². The van der Waals surface area contributed by atoms with Crippen LogP contribution in [0.5, 0.6) is 0 Å². The lowest BCUT2D eigenvalue weighted by molar-refractivity contribution is 0.113. The van der Waals surface area contributed by atoms with Crippen LogP contribution in [-0.4, -0.2) is 51.5 Å². The van der Waals surface area contributed by atoms with E-state index in [4.69, 9.17) is 18.9 Å². The van der Waals surface area contributed by atoms with Crippen molar-refractivity contribution in [2.75, 3.05) is 39.5 Å². The molecule has 1 aliphatic carbocycles. The molecule has 1 unspecified atom stereocenters. The lowest BCUT2D eigenvalue weighted by Gasteiger charge is -2.17. The molecular formula is C20H34IN3O3. The molecule has 0 aromatic carbocycles. The molecule has 27 heavy (non-hydrogen) atoms. The van der Waals surface area contributed by atoms with Crippen LogP contribution >= 0.6 is 24.0 Å². The van der Waals surface area contributed by atoms with E-state index in [1.54, 1.807) is 6.26 Å². The zero-order valence-electron chi connectivity index (χ0n) is 16.4. The first-order valence-corrected chi connectivity index (χ1v) is 10.0. The first-order valence-electron chi connectivity index (χ1n) is 10.0. The average Bonchev–Trinajstić information content (AvgIpc) is 3.06. The Morgan fingerprint density at radius 2 is 2.26 bits per heavy atom. The summed E-state index contributed by atoms with van der Waals surface area (Å²) >= 11 is 0. The molecule has 1 saturated heterocycles. The molecule has 1 saturated carbocycles. The van der Waals surface area contributed by atoms with Gasteiger partial charge in [-0.25, -0.2) is 0 Å². The Kier molecular flexibility index (Phi) is 9.92. The fourth-order valence-electron chi connectivity index (χ4n) is 3.29. The summed E-state index contributed by atoms with van der Waals surface area (Å²) in [5.74, 6) is 1.88. The highest BCUT2D eigenvalue weighted by atomic mass is 127. The summed E-state index contributed by atoms with van der Waals surface area (Å²) < 4.78 is 16.6. The van der Waals surface area contributed by atoms with E-state index in [-0.39, 0.29) is 24.0 Å². The number of aliphatic imine (C=N–C) groups is 1. The molecule has 7 heteroatoms. The highest BCUT2D eigenvalue weighted by molar-refractivity contribution is 14.0. The summed E-state index contributed by atoms with van der Waals surface area (Å²) in [5, 5.41) is 6.90. The molecule has 3 rings (SSSR count). The van der Waals surface area contributed by atoms with Crippen molar-refractivity contribution in [1.82, 2.24) is 10.6 Å². The third kappa shape index (κ3) is 7.99. The Morgan fingerprint density at radius 3 is 2.93 bits per heavy atom. The van der Waals surface area contributed by atoms with E-state index in [1.807, 2.05) is 19.1 Å². The lowest BCUT2D eigenvalue weighted by atomic mass is 10.0. The number of ether oxygens (including phenoxy) is 2. The van der Waals surface area contributed by atoms with Gasteiger partial charge in [0.05, 0.1) is 12.4 Å². The number of furan rings is 1. The SMILES string of the molecule is CCOCCC1(CN=C(NCCc2ccco2)NCC2CCCO2)CC1.I. The van der Waals surface area contributed by atoms with Crippen LogP contribution in [0.3, 0.4) is 0 Å². The van der Waals surface area contributed by atoms with Gasteiger partial charge in [0.1, 0.15) is 5.76 Å². The number of nitrogens with one attached hydrogen (secondary N) is 2. The Bertz CT molecular complexity index is 541. The van der Waals surface area contributed by atoms with Crippen LogP contribution < -0.4 is 10.6 Å². The minimum absolute atomic E-state index is 0. The quantitative estimate of drug-likeness (QED) is 0.215. The number of hydrogen-bond acceptors (Lipinski definition) is 4. The maximum Gasteiger partial charge on any atom is 0.191 e. The first kappa shape index (κ1) is 22.5. The minimum atomic E-state index is 0. The Labute approximate surface area is 179 Å². The molecule has 1 aromatic heterocycles. The summed E-state index contributed by atoms with van der Waals surface area (Å²) in [5.41, 5.74) is 0.356. The fraction of sp³-hybridized carbons (Fsp3) is 0.750. The van der Waals surface area contributed by atoms with E-state index in [2.05, 4.69) is 10.6 Å². The van der Waals surface area contributed by atoms with Gasteiger partial charge < -0.3 is 24.5 Å². The van der Waals surface area contributed by atoms with Crippen molar-refractivity contribution in [2.45, 2.75) is 51.6 Å². The predicted octanol–water partition coefficient (Wildman–Crippen LogP) is 3.36. The monoisotopic (exact) mass is 491 g/mol. The van der Waals surface area contributed by atoms with Gasteiger partial charge in [-0.1, -0.05) is 0 Å². The van der Waals surface area contributed by atoms with Crippen molar-refractivity contribution in [3.8, 4) is 0 Å². The van der Waals surface area contributed by atoms with Crippen LogP contribution in [-0.2, 0) is 15.9 Å². The predicted molar refractivity (Wildman–Crippen MR) is 118 cm³/mol. The molecule has 0 spiro atoms. The molecule has 0 radical (unpaired) electrons. The molecule has 0 bridgehead atoms. The van der Waals surface area contributed by atoms with Gasteiger partial charge in [0.2, 0.25) is 0 Å². The standard InChI is InChI=1S/C20H33N3O3.HI/c1-2-24-14-10-20(8-9-20)16-23-19(22-15-18-6-4-13-26-18)21-11-7-17-5-3-12-25-17;/h3,5,12,18H,2,4,6-11,13-16H2,1H3,(H2,21,22,23);1H. The van der Waals surface area contributed by atoms with Crippen molar-refractivity contribution in [3.63, 3.8) is 0 Å². The molecule has 2 N–H and O–H groups in total. The molecule has 2 fully saturated rings. The first-order chi connectivity index (χ1) is 12.8. The van der Waals surface area contributed by atoms with E-state index in [9.17, 15) is 0 Å². The topological polar surface area (TPSA) is 68.0 Å². The average molecular weight is 491 g/mol. The Morgan fingerprint density at radius 1 is 1.37 bits per heavy atom. The number of guanidine groups is 1. The van der Waals surface area contributed by atoms with Crippen molar-refractivity contribution >= 4 is 29.9 Å². The molecule has 6 nitrogen and oxygen atoms in total. The van der Waals surface area contributed by atoms with Crippen LogP contribution in [0.2, 0.25) is 0 Å². The third-order valence-corrected chi connectivity index (χ3v) is 5.28. The molecule has 154 valence electrons. The van der Waals surface area contributed by atoms with Crippen LogP contribution in [0, 0.1) is 5.41 Å². The summed E-state index contributed by atoms with van der Waals surface area (Å²) in [6.07, 6.45) is 8.79. The number of nitrogens with zero attached hydrogens (tertiary/aromatic N) is 1. The molecular weight excluding hydrogens is 457 g/mol. The highest BCUT2D eigenvalue weighted by Gasteiger charge is 2.41. The van der Waals surface area contributed by atoms with E-state index in [0.717, 1.165) is 76.9 Å². The molecule has 2 aliphatic rings. The van der Waals surface area contributed by atoms with Crippen LogP contribution in [0.4, 0.5) is 0 Å². The fourth-order valence-corrected chi connectivity index (χ4v) is 3.29. The van der Waals surface area contributed by atoms with Gasteiger partial charge >= 0.3 is 0 Å². The smallest absolute Gasteiger partial charge is 0.191 e. The van der Waals surface area contributed by atoms with Crippen molar-refractivity contribution in [1.29, 1.82) is 0 Å². The van der Waals surface area contributed by atoms with Gasteiger partial charge in [-0.15, -0.1) is 24.0 Å². The lowest BCUT2D eigenvalue weighted by Crippen LogP contribution is -2.42. The van der Waals surface area contributed by atoms with Gasteiger partial charge in [-0.05, 0) is 56.6 Å². The van der Waals surface area contributed by atoms with Crippen molar-refractivity contribution in [2.24, 2.45) is 10.4 Å². The second kappa shape index (κ2) is 11.9. The largest absolute Gasteiger partial charge is 0.469 e. The maximum absolute atomic E-state index is 5.71. The number of hydrogen-bond donors (Lipinski definition) is 2. The minimum Gasteiger partial charge on any atom is -0.469 e. The maximum atomic E-state index is 5.71. The van der Waals surface area contributed by atoms with Gasteiger partial charge in [0, 0.05) is 45.9 Å². The summed E-state index contributed by atoms with van der Waals surface area (Å²) in [6, 6.07) is 3.93. The van der Waals surface area contributed by atoms with E-state index >= 15 is 0 Å². The molecule has 1 aliphatic heterocycles. The zero-order chi connectivity index (χ0) is 18.1. The molecule has 1 aromatic rings. The number of rotatable bonds is 11. The summed E-state index contributed by atoms with van der Waals surface area (Å²) in [7, 11) is 0. The highest BCUT2D eigenvalue weighted by Crippen LogP contribution is 2.49. The summed E-state index contributed by atoms with van der Waals surface area (Å²) in [4.78, 5) is 4.87. The molecule has 0 amide bonds. The Hall–Kier alpha value is -0.800. The second-order valence-electron chi connectivity index (χ2n) is 7.38. The van der Waals surface area contributed by atoms with E-state index in [1.165, 1.54) is 12.8 Å². The van der Waals surface area contributed by atoms with Crippen LogP contribution in [0.1, 0.15) is 44.8 Å². The Balaban J connectivity index is 0.00000261. The van der Waals surface area contributed by atoms with Crippen LogP contribution in [0.15, 0.2) is 27.8 Å². The van der Waals surface area contributed by atoms with Gasteiger partial charge in [-0.2, -0.15) is 0 Å². The third-order valence-electron chi connectivity index (χ3n) is 5.28. The second-order valence-corrected chi connectivity index (χ2v) is 7.38. The van der Waals surface area contributed by atoms with E-state index < -0.39 is 0 Å². The molecule has 2 heterocycles. The van der Waals surface area contributed by atoms with E-state index in [0.29, 0.717) is 11.5 Å². The normalized spacial score (nSPS) is 20.9. The zero-order valence-corrected chi connectivity index (χ0v) is 18.7. The summed E-state index contributed by atoms with van der Waals surface area (Å²) in [6.45, 7) is 7.05. The van der Waals surface area contributed by atoms with Gasteiger partial charge in [-0.3, -0.25) is 4.99 Å². The molecule has 1 atom stereocenters. The number of halogens is 1. The van der Waals surface area contributed by atoms with Gasteiger partial charge in [0.15, 0.2) is 5.96 Å². The van der Waals surface area contributed by atoms with Gasteiger partial charge in [0.25, 0.3) is 0 Å². The van der Waals surface area contributed by atoms with Crippen molar-refractivity contribution in [3.05, 3.63) is 24.2 Å². The van der Waals surface area contributed by atoms with Crippen molar-refractivity contribution < 1.29 is 13.9 Å².